The van der Waals surface area contributed by atoms with Gasteiger partial charge in [-0.1, -0.05) is 0 Å². The van der Waals surface area contributed by atoms with Gasteiger partial charge in [-0.05, 0) is 32.4 Å². The number of hydrogen-bond donors (Lipinski definition) is 1. The van der Waals surface area contributed by atoms with E-state index in [1.807, 2.05) is 0 Å². The highest BCUT2D eigenvalue weighted by Gasteiger charge is 2.14. The Morgan fingerprint density at radius 2 is 1.93 bits per heavy atom. The Bertz CT molecular complexity index is 388. The number of rotatable bonds is 2. The van der Waals surface area contributed by atoms with Gasteiger partial charge in [-0.25, -0.2) is 8.78 Å². The summed E-state index contributed by atoms with van der Waals surface area (Å²) < 4.78 is 26.0. The highest BCUT2D eigenvalue weighted by molar-refractivity contribution is 5.95. The van der Waals surface area contributed by atoms with Gasteiger partial charge in [0.2, 0.25) is 0 Å². The third-order valence-electron chi connectivity index (χ3n) is 1.97. The summed E-state index contributed by atoms with van der Waals surface area (Å²) in [5.74, 6) is -1.91. The molecule has 0 unspecified atom stereocenters. The molecule has 2 nitrogen and oxygen atoms in total. The maximum Gasteiger partial charge on any atom is 0.251 e. The van der Waals surface area contributed by atoms with Crippen LogP contribution in [-0.2, 0) is 0 Å². The van der Waals surface area contributed by atoms with Gasteiger partial charge >= 0.3 is 0 Å². The molecule has 0 aliphatic rings. The Hall–Kier alpha value is -1.45. The van der Waals surface area contributed by atoms with Crippen molar-refractivity contribution >= 4 is 5.91 Å². The van der Waals surface area contributed by atoms with Crippen molar-refractivity contribution in [1.29, 1.82) is 0 Å². The number of benzene rings is 1. The number of hydrogen-bond acceptors (Lipinski definition) is 1. The molecule has 0 atom stereocenters. The van der Waals surface area contributed by atoms with Crippen molar-refractivity contribution in [2.75, 3.05) is 0 Å². The van der Waals surface area contributed by atoms with Crippen molar-refractivity contribution in [2.45, 2.75) is 26.8 Å². The number of amides is 1. The van der Waals surface area contributed by atoms with Crippen LogP contribution >= 0.6 is 0 Å². The summed E-state index contributed by atoms with van der Waals surface area (Å²) in [6, 6.07) is 1.74. The predicted octanol–water partition coefficient (Wildman–Crippen LogP) is 2.41. The molecule has 0 saturated heterocycles. The van der Waals surface area contributed by atoms with Crippen LogP contribution in [0.2, 0.25) is 0 Å². The van der Waals surface area contributed by atoms with Gasteiger partial charge in [0, 0.05) is 17.7 Å². The summed E-state index contributed by atoms with van der Waals surface area (Å²) in [7, 11) is 0. The zero-order valence-corrected chi connectivity index (χ0v) is 8.90. The normalized spacial score (nSPS) is 10.5. The van der Waals surface area contributed by atoms with Gasteiger partial charge in [0.15, 0.2) is 0 Å². The molecule has 0 radical (unpaired) electrons. The first-order valence-electron chi connectivity index (χ1n) is 4.68. The maximum atomic E-state index is 13.1. The molecule has 0 bridgehead atoms. The quantitative estimate of drug-likeness (QED) is 0.803. The molecule has 0 heterocycles. The maximum absolute atomic E-state index is 13.1. The second-order valence-electron chi connectivity index (χ2n) is 3.69. The van der Waals surface area contributed by atoms with Gasteiger partial charge in [0.1, 0.15) is 11.6 Å². The van der Waals surface area contributed by atoms with Gasteiger partial charge in [-0.2, -0.15) is 0 Å². The van der Waals surface area contributed by atoms with E-state index in [-0.39, 0.29) is 17.2 Å². The van der Waals surface area contributed by atoms with E-state index in [2.05, 4.69) is 5.32 Å². The highest BCUT2D eigenvalue weighted by atomic mass is 19.1. The molecule has 1 amide bonds. The lowest BCUT2D eigenvalue weighted by Crippen LogP contribution is -2.30. The molecular weight excluding hydrogens is 200 g/mol. The average molecular weight is 213 g/mol. The lowest BCUT2D eigenvalue weighted by atomic mass is 10.1. The van der Waals surface area contributed by atoms with Crippen molar-refractivity contribution in [2.24, 2.45) is 0 Å². The Kier molecular flexibility index (Phi) is 3.39. The molecule has 1 N–H and O–H groups in total. The Morgan fingerprint density at radius 3 is 2.47 bits per heavy atom. The highest BCUT2D eigenvalue weighted by Crippen LogP contribution is 2.14. The molecule has 1 rings (SSSR count). The minimum Gasteiger partial charge on any atom is -0.350 e. The summed E-state index contributed by atoms with van der Waals surface area (Å²) in [5.41, 5.74) is 0.204. The van der Waals surface area contributed by atoms with Crippen molar-refractivity contribution in [1.82, 2.24) is 5.32 Å². The van der Waals surface area contributed by atoms with E-state index in [0.717, 1.165) is 12.1 Å². The molecule has 0 fully saturated rings. The summed E-state index contributed by atoms with van der Waals surface area (Å²) >= 11 is 0. The van der Waals surface area contributed by atoms with Gasteiger partial charge in [-0.3, -0.25) is 4.79 Å². The van der Waals surface area contributed by atoms with E-state index in [4.69, 9.17) is 0 Å². The summed E-state index contributed by atoms with van der Waals surface area (Å²) in [6.07, 6.45) is 0. The van der Waals surface area contributed by atoms with Gasteiger partial charge in [-0.15, -0.1) is 0 Å². The fraction of sp³-hybridized carbons (Fsp3) is 0.364. The molecule has 0 aliphatic carbocycles. The van der Waals surface area contributed by atoms with E-state index in [1.54, 1.807) is 13.8 Å². The monoisotopic (exact) mass is 213 g/mol. The number of carbonyl (C=O) groups is 1. The molecule has 1 aromatic carbocycles. The molecule has 1 aromatic rings. The van der Waals surface area contributed by atoms with Crippen molar-refractivity contribution < 1.29 is 13.6 Å². The molecular formula is C11H13F2NO. The number of halogens is 2. The predicted molar refractivity (Wildman–Crippen MR) is 53.7 cm³/mol. The van der Waals surface area contributed by atoms with E-state index in [1.165, 1.54) is 6.92 Å². The van der Waals surface area contributed by atoms with E-state index in [0.29, 0.717) is 0 Å². The lowest BCUT2D eigenvalue weighted by Gasteiger charge is -2.10. The first kappa shape index (κ1) is 11.6. The largest absolute Gasteiger partial charge is 0.350 e. The molecule has 82 valence electrons. The van der Waals surface area contributed by atoms with E-state index in [9.17, 15) is 13.6 Å². The third kappa shape index (κ3) is 2.75. The van der Waals surface area contributed by atoms with Gasteiger partial charge in [0.25, 0.3) is 5.91 Å². The summed E-state index contributed by atoms with van der Waals surface area (Å²) in [4.78, 5) is 11.5. The first-order valence-corrected chi connectivity index (χ1v) is 4.68. The second-order valence-corrected chi connectivity index (χ2v) is 3.69. The zero-order chi connectivity index (χ0) is 11.6. The second kappa shape index (κ2) is 4.38. The summed E-state index contributed by atoms with van der Waals surface area (Å²) in [5, 5.41) is 2.58. The van der Waals surface area contributed by atoms with Crippen molar-refractivity contribution in [3.63, 3.8) is 0 Å². The van der Waals surface area contributed by atoms with Crippen LogP contribution in [0, 0.1) is 18.6 Å². The Labute approximate surface area is 87.3 Å². The minimum atomic E-state index is -0.744. The fourth-order valence-corrected chi connectivity index (χ4v) is 1.22. The first-order chi connectivity index (χ1) is 6.91. The van der Waals surface area contributed by atoms with E-state index < -0.39 is 17.5 Å². The SMILES string of the molecule is Cc1c(F)cc(F)cc1C(=O)NC(C)C. The van der Waals surface area contributed by atoms with Gasteiger partial charge < -0.3 is 5.32 Å². The Balaban J connectivity index is 3.08. The standard InChI is InChI=1S/C11H13F2NO/c1-6(2)14-11(15)9-4-8(12)5-10(13)7(9)3/h4-6H,1-3H3,(H,14,15). The zero-order valence-electron chi connectivity index (χ0n) is 8.90. The van der Waals surface area contributed by atoms with Crippen molar-refractivity contribution in [3.8, 4) is 0 Å². The topological polar surface area (TPSA) is 29.1 Å². The number of carbonyl (C=O) groups excluding carboxylic acids is 1. The van der Waals surface area contributed by atoms with Crippen LogP contribution < -0.4 is 5.32 Å². The lowest BCUT2D eigenvalue weighted by molar-refractivity contribution is 0.0941. The van der Waals surface area contributed by atoms with Crippen LogP contribution in [0.5, 0.6) is 0 Å². The molecule has 0 aliphatic heterocycles. The molecule has 0 spiro atoms. The molecule has 15 heavy (non-hydrogen) atoms. The van der Waals surface area contributed by atoms with E-state index >= 15 is 0 Å². The van der Waals surface area contributed by atoms with Crippen LogP contribution in [0.25, 0.3) is 0 Å². The van der Waals surface area contributed by atoms with Crippen LogP contribution in [0.3, 0.4) is 0 Å². The van der Waals surface area contributed by atoms with Gasteiger partial charge in [0.05, 0.1) is 0 Å². The Morgan fingerprint density at radius 1 is 1.33 bits per heavy atom. The van der Waals surface area contributed by atoms with Crippen LogP contribution in [0.4, 0.5) is 8.78 Å². The smallest absolute Gasteiger partial charge is 0.251 e. The van der Waals surface area contributed by atoms with Crippen LogP contribution in [0.1, 0.15) is 29.8 Å². The van der Waals surface area contributed by atoms with Crippen LogP contribution in [-0.4, -0.2) is 11.9 Å². The fourth-order valence-electron chi connectivity index (χ4n) is 1.22. The molecule has 0 aromatic heterocycles. The third-order valence-corrected chi connectivity index (χ3v) is 1.97. The summed E-state index contributed by atoms with van der Waals surface area (Å²) in [6.45, 7) is 5.01. The minimum absolute atomic E-state index is 0.0428. The molecule has 4 heteroatoms. The average Bonchev–Trinajstić information content (AvgIpc) is 2.09. The number of nitrogens with one attached hydrogen (secondary N) is 1. The molecule has 0 saturated carbocycles. The van der Waals surface area contributed by atoms with Crippen molar-refractivity contribution in [3.05, 3.63) is 34.9 Å². The van der Waals surface area contributed by atoms with Crippen LogP contribution in [0.15, 0.2) is 12.1 Å².